The fourth-order valence-corrected chi connectivity index (χ4v) is 2.83. The summed E-state index contributed by atoms with van der Waals surface area (Å²) in [5, 5.41) is 0.760. The maximum atomic E-state index is 12.5. The van der Waals surface area contributed by atoms with E-state index < -0.39 is 6.04 Å². The minimum absolute atomic E-state index is 0.0961. The molecule has 1 aliphatic rings. The summed E-state index contributed by atoms with van der Waals surface area (Å²) in [7, 11) is 1.37. The van der Waals surface area contributed by atoms with E-state index >= 15 is 0 Å². The Morgan fingerprint density at radius 2 is 2.00 bits per heavy atom. The molecule has 1 amide bonds. The molecule has 1 aliphatic heterocycles. The average molecular weight is 340 g/mol. The van der Waals surface area contributed by atoms with Crippen LogP contribution in [0.15, 0.2) is 24.3 Å². The van der Waals surface area contributed by atoms with E-state index in [1.807, 2.05) is 24.3 Å². The molecule has 1 saturated heterocycles. The number of rotatable bonds is 3. The smallest absolute Gasteiger partial charge is 0.328 e. The zero-order valence-electron chi connectivity index (χ0n) is 11.5. The summed E-state index contributed by atoms with van der Waals surface area (Å²) >= 11 is 3.38. The molecule has 0 bridgehead atoms. The number of benzene rings is 1. The molecule has 108 valence electrons. The van der Waals surface area contributed by atoms with E-state index in [9.17, 15) is 9.59 Å². The number of methoxy groups -OCH3 is 1. The molecule has 1 atom stereocenters. The monoisotopic (exact) mass is 339 g/mol. The second-order valence-electron chi connectivity index (χ2n) is 4.86. The fraction of sp³-hybridized carbons (Fsp3) is 0.467. The van der Waals surface area contributed by atoms with Gasteiger partial charge in [0.25, 0.3) is 5.91 Å². The first-order valence-electron chi connectivity index (χ1n) is 6.71. The second-order valence-corrected chi connectivity index (χ2v) is 5.42. The summed E-state index contributed by atoms with van der Waals surface area (Å²) in [5.74, 6) is -0.420. The fourth-order valence-electron chi connectivity index (χ4n) is 2.46. The van der Waals surface area contributed by atoms with Crippen LogP contribution in [0.3, 0.4) is 0 Å². The lowest BCUT2D eigenvalue weighted by Gasteiger charge is -2.33. The van der Waals surface area contributed by atoms with Gasteiger partial charge in [0.05, 0.1) is 7.11 Å². The lowest BCUT2D eigenvalue weighted by Crippen LogP contribution is -2.48. The van der Waals surface area contributed by atoms with Gasteiger partial charge in [-0.05, 0) is 37.0 Å². The molecule has 0 radical (unpaired) electrons. The van der Waals surface area contributed by atoms with Crippen LogP contribution in [-0.4, -0.2) is 36.5 Å². The zero-order valence-corrected chi connectivity index (χ0v) is 13.1. The van der Waals surface area contributed by atoms with Crippen LogP contribution in [0.1, 0.15) is 35.2 Å². The normalized spacial score (nSPS) is 18.7. The van der Waals surface area contributed by atoms with E-state index in [1.54, 1.807) is 4.90 Å². The van der Waals surface area contributed by atoms with E-state index in [0.717, 1.165) is 23.7 Å². The van der Waals surface area contributed by atoms with Gasteiger partial charge in [0.2, 0.25) is 0 Å². The summed E-state index contributed by atoms with van der Waals surface area (Å²) in [4.78, 5) is 26.0. The third kappa shape index (κ3) is 3.20. The lowest BCUT2D eigenvalue weighted by atomic mass is 10.0. The average Bonchev–Trinajstić information content (AvgIpc) is 2.53. The van der Waals surface area contributed by atoms with Crippen LogP contribution in [0.25, 0.3) is 0 Å². The van der Waals surface area contributed by atoms with Gasteiger partial charge in [-0.15, -0.1) is 0 Å². The molecule has 0 N–H and O–H groups in total. The number of likely N-dealkylation sites (tertiary alicyclic amines) is 1. The largest absolute Gasteiger partial charge is 0.467 e. The van der Waals surface area contributed by atoms with Gasteiger partial charge >= 0.3 is 5.97 Å². The number of ether oxygens (including phenoxy) is 1. The van der Waals surface area contributed by atoms with Gasteiger partial charge in [-0.3, -0.25) is 4.79 Å². The van der Waals surface area contributed by atoms with Crippen LogP contribution >= 0.6 is 15.9 Å². The SMILES string of the molecule is COC(=O)C1CCCCN1C(=O)c1ccc(CBr)cc1. The van der Waals surface area contributed by atoms with Crippen molar-refractivity contribution in [2.75, 3.05) is 13.7 Å². The van der Waals surface area contributed by atoms with E-state index in [4.69, 9.17) is 4.74 Å². The number of carbonyl (C=O) groups is 2. The Labute approximate surface area is 127 Å². The zero-order chi connectivity index (χ0) is 14.5. The molecule has 1 aromatic carbocycles. The van der Waals surface area contributed by atoms with Crippen molar-refractivity contribution < 1.29 is 14.3 Å². The van der Waals surface area contributed by atoms with E-state index in [0.29, 0.717) is 18.5 Å². The first kappa shape index (κ1) is 15.0. The van der Waals surface area contributed by atoms with Crippen molar-refractivity contribution in [2.24, 2.45) is 0 Å². The molecule has 1 heterocycles. The van der Waals surface area contributed by atoms with E-state index in [2.05, 4.69) is 15.9 Å². The van der Waals surface area contributed by atoms with Gasteiger partial charge in [-0.25, -0.2) is 4.79 Å². The number of carbonyl (C=O) groups excluding carboxylic acids is 2. The first-order valence-corrected chi connectivity index (χ1v) is 7.83. The number of amides is 1. The molecule has 1 aromatic rings. The highest BCUT2D eigenvalue weighted by Crippen LogP contribution is 2.21. The maximum absolute atomic E-state index is 12.5. The molecule has 0 aromatic heterocycles. The molecule has 1 unspecified atom stereocenters. The third-order valence-corrected chi connectivity index (χ3v) is 4.24. The summed E-state index contributed by atoms with van der Waals surface area (Å²) in [5.41, 5.74) is 1.73. The van der Waals surface area contributed by atoms with Crippen LogP contribution in [-0.2, 0) is 14.9 Å². The highest BCUT2D eigenvalue weighted by atomic mass is 79.9. The molecule has 0 spiro atoms. The van der Waals surface area contributed by atoms with Gasteiger partial charge in [0.1, 0.15) is 6.04 Å². The molecule has 0 aliphatic carbocycles. The van der Waals surface area contributed by atoms with Gasteiger partial charge < -0.3 is 9.64 Å². The van der Waals surface area contributed by atoms with Crippen molar-refractivity contribution in [1.82, 2.24) is 4.90 Å². The molecule has 20 heavy (non-hydrogen) atoms. The Kier molecular flexibility index (Phi) is 5.17. The first-order chi connectivity index (χ1) is 9.67. The highest BCUT2D eigenvalue weighted by Gasteiger charge is 2.33. The van der Waals surface area contributed by atoms with Gasteiger partial charge in [0, 0.05) is 17.4 Å². The van der Waals surface area contributed by atoms with Gasteiger partial charge in [-0.1, -0.05) is 28.1 Å². The molecule has 4 nitrogen and oxygen atoms in total. The lowest BCUT2D eigenvalue weighted by molar-refractivity contribution is -0.147. The molecular weight excluding hydrogens is 322 g/mol. The number of hydrogen-bond donors (Lipinski definition) is 0. The third-order valence-electron chi connectivity index (χ3n) is 3.59. The number of esters is 1. The number of hydrogen-bond acceptors (Lipinski definition) is 3. The van der Waals surface area contributed by atoms with Gasteiger partial charge in [-0.2, -0.15) is 0 Å². The predicted molar refractivity (Wildman–Crippen MR) is 79.8 cm³/mol. The van der Waals surface area contributed by atoms with Crippen molar-refractivity contribution in [3.63, 3.8) is 0 Å². The van der Waals surface area contributed by atoms with Crippen LogP contribution in [0, 0.1) is 0 Å². The van der Waals surface area contributed by atoms with Crippen molar-refractivity contribution in [2.45, 2.75) is 30.6 Å². The quantitative estimate of drug-likeness (QED) is 0.628. The second kappa shape index (κ2) is 6.88. The highest BCUT2D eigenvalue weighted by molar-refractivity contribution is 9.08. The van der Waals surface area contributed by atoms with E-state index in [-0.39, 0.29) is 11.9 Å². The minimum Gasteiger partial charge on any atom is -0.467 e. The summed E-state index contributed by atoms with van der Waals surface area (Å²) in [6.07, 6.45) is 2.56. The number of halogens is 1. The molecular formula is C15H18BrNO3. The Morgan fingerprint density at radius 3 is 2.60 bits per heavy atom. The summed E-state index contributed by atoms with van der Waals surface area (Å²) < 4.78 is 4.80. The number of nitrogens with zero attached hydrogens (tertiary/aromatic N) is 1. The molecule has 5 heteroatoms. The minimum atomic E-state index is -0.447. The molecule has 0 saturated carbocycles. The molecule has 2 rings (SSSR count). The predicted octanol–water partition coefficient (Wildman–Crippen LogP) is 2.75. The Balaban J connectivity index is 2.18. The van der Waals surface area contributed by atoms with Crippen LogP contribution in [0.5, 0.6) is 0 Å². The van der Waals surface area contributed by atoms with Crippen molar-refractivity contribution >= 4 is 27.8 Å². The standard InChI is InChI=1S/C15H18BrNO3/c1-20-15(19)13-4-2-3-9-17(13)14(18)12-7-5-11(10-16)6-8-12/h5-8,13H,2-4,9-10H2,1H3. The Hall–Kier alpha value is -1.36. The van der Waals surface area contributed by atoms with Crippen molar-refractivity contribution in [1.29, 1.82) is 0 Å². The van der Waals surface area contributed by atoms with Crippen LogP contribution < -0.4 is 0 Å². The Bertz CT molecular complexity index is 486. The van der Waals surface area contributed by atoms with E-state index in [1.165, 1.54) is 7.11 Å². The number of alkyl halides is 1. The van der Waals surface area contributed by atoms with Gasteiger partial charge in [0.15, 0.2) is 0 Å². The number of piperidine rings is 1. The van der Waals surface area contributed by atoms with Crippen molar-refractivity contribution in [3.8, 4) is 0 Å². The summed E-state index contributed by atoms with van der Waals surface area (Å²) in [6.45, 7) is 0.610. The summed E-state index contributed by atoms with van der Waals surface area (Å²) in [6, 6.07) is 7.00. The van der Waals surface area contributed by atoms with Crippen molar-refractivity contribution in [3.05, 3.63) is 35.4 Å². The van der Waals surface area contributed by atoms with Crippen LogP contribution in [0.2, 0.25) is 0 Å². The maximum Gasteiger partial charge on any atom is 0.328 e. The topological polar surface area (TPSA) is 46.6 Å². The molecule has 1 fully saturated rings. The van der Waals surface area contributed by atoms with Crippen LogP contribution in [0.4, 0.5) is 0 Å². The Morgan fingerprint density at radius 1 is 1.30 bits per heavy atom.